The summed E-state index contributed by atoms with van der Waals surface area (Å²) < 4.78 is 13.7. The smallest absolute Gasteiger partial charge is 0.243 e. The van der Waals surface area contributed by atoms with Gasteiger partial charge in [0.1, 0.15) is 17.2 Å². The first-order valence-corrected chi connectivity index (χ1v) is 10.5. The summed E-state index contributed by atoms with van der Waals surface area (Å²) in [6, 6.07) is 11.4. The van der Waals surface area contributed by atoms with Gasteiger partial charge in [0.25, 0.3) is 0 Å². The Bertz CT molecular complexity index is 818. The number of pyridine rings is 1. The number of carbonyl (C=O) groups excluding carboxylic acids is 2. The number of hydrogen-bond donors (Lipinski definition) is 1. The lowest BCUT2D eigenvalue weighted by Gasteiger charge is -2.29. The molecule has 1 aromatic carbocycles. The van der Waals surface area contributed by atoms with Crippen molar-refractivity contribution < 1.29 is 14.0 Å². The minimum Gasteiger partial charge on any atom is -0.354 e. The second-order valence-electron chi connectivity index (χ2n) is 6.67. The predicted molar refractivity (Wildman–Crippen MR) is 108 cm³/mol. The molecule has 2 amide bonds. The van der Waals surface area contributed by atoms with Crippen molar-refractivity contribution in [1.29, 1.82) is 0 Å². The zero-order chi connectivity index (χ0) is 19.9. The lowest BCUT2D eigenvalue weighted by atomic mass is 10.1. The normalized spacial score (nSPS) is 18.9. The molecule has 5 nitrogen and oxygen atoms in total. The van der Waals surface area contributed by atoms with Crippen molar-refractivity contribution in [2.75, 3.05) is 12.3 Å². The molecule has 0 aliphatic carbocycles. The van der Waals surface area contributed by atoms with E-state index in [1.807, 2.05) is 25.1 Å². The largest absolute Gasteiger partial charge is 0.354 e. The van der Waals surface area contributed by atoms with Crippen LogP contribution >= 0.6 is 11.8 Å². The average Bonchev–Trinajstić information content (AvgIpc) is 3.14. The van der Waals surface area contributed by atoms with Crippen molar-refractivity contribution in [2.24, 2.45) is 0 Å². The molecule has 2 aromatic rings. The van der Waals surface area contributed by atoms with Gasteiger partial charge in [-0.2, -0.15) is 0 Å². The molecule has 2 heterocycles. The van der Waals surface area contributed by atoms with Crippen LogP contribution in [0.1, 0.15) is 36.4 Å². The summed E-state index contributed by atoms with van der Waals surface area (Å²) >= 11 is 1.50. The highest BCUT2D eigenvalue weighted by molar-refractivity contribution is 7.99. The number of rotatable bonds is 7. The third kappa shape index (κ3) is 4.90. The van der Waals surface area contributed by atoms with Gasteiger partial charge in [0.2, 0.25) is 11.8 Å². The zero-order valence-electron chi connectivity index (χ0n) is 15.8. The van der Waals surface area contributed by atoms with E-state index in [0.717, 1.165) is 5.69 Å². The number of aromatic nitrogens is 1. The van der Waals surface area contributed by atoms with Crippen LogP contribution in [0.3, 0.4) is 0 Å². The number of hydrogen-bond acceptors (Lipinski definition) is 4. The summed E-state index contributed by atoms with van der Waals surface area (Å²) in [5.41, 5.74) is 1.61. The van der Waals surface area contributed by atoms with Crippen LogP contribution in [-0.2, 0) is 16.0 Å². The number of benzene rings is 1. The Kier molecular flexibility index (Phi) is 7.03. The summed E-state index contributed by atoms with van der Waals surface area (Å²) in [5, 5.41) is 2.58. The first kappa shape index (κ1) is 20.3. The third-order valence-electron chi connectivity index (χ3n) is 4.60. The van der Waals surface area contributed by atoms with E-state index in [4.69, 9.17) is 0 Å². The molecule has 7 heteroatoms. The monoisotopic (exact) mass is 401 g/mol. The fraction of sp³-hybridized carbons (Fsp3) is 0.381. The van der Waals surface area contributed by atoms with Crippen molar-refractivity contribution in [3.63, 3.8) is 0 Å². The standard InChI is InChI=1S/C21H24FN3O2S/c1-2-6-19(26)25-18(14-28-21(25)15-7-5-8-16(22)13-15)20(27)24-12-10-17-9-3-4-11-23-17/h3-5,7-9,11,13,18,21H,2,6,10,12,14H2,1H3,(H,24,27). The summed E-state index contributed by atoms with van der Waals surface area (Å²) in [7, 11) is 0. The van der Waals surface area contributed by atoms with Crippen molar-refractivity contribution in [3.8, 4) is 0 Å². The molecule has 1 aliphatic heterocycles. The van der Waals surface area contributed by atoms with Gasteiger partial charge in [-0.3, -0.25) is 14.6 Å². The fourth-order valence-corrected chi connectivity index (χ4v) is 4.69. The topological polar surface area (TPSA) is 62.3 Å². The molecule has 2 unspecified atom stereocenters. The minimum atomic E-state index is -0.555. The van der Waals surface area contributed by atoms with Gasteiger partial charge in [-0.15, -0.1) is 11.8 Å². The zero-order valence-corrected chi connectivity index (χ0v) is 16.6. The molecule has 0 bridgehead atoms. The predicted octanol–water partition coefficient (Wildman–Crippen LogP) is 3.32. The maximum Gasteiger partial charge on any atom is 0.243 e. The van der Waals surface area contributed by atoms with Crippen LogP contribution in [0.2, 0.25) is 0 Å². The molecule has 0 radical (unpaired) electrons. The van der Waals surface area contributed by atoms with Gasteiger partial charge in [0.15, 0.2) is 0 Å². The summed E-state index contributed by atoms with van der Waals surface area (Å²) in [6.07, 6.45) is 3.41. The number of nitrogens with zero attached hydrogens (tertiary/aromatic N) is 2. The van der Waals surface area contributed by atoms with Crippen molar-refractivity contribution in [3.05, 3.63) is 65.7 Å². The van der Waals surface area contributed by atoms with Crippen molar-refractivity contribution in [1.82, 2.24) is 15.2 Å². The highest BCUT2D eigenvalue weighted by Crippen LogP contribution is 2.42. The van der Waals surface area contributed by atoms with E-state index < -0.39 is 6.04 Å². The highest BCUT2D eigenvalue weighted by Gasteiger charge is 2.41. The summed E-state index contributed by atoms with van der Waals surface area (Å²) in [5.74, 6) is -0.103. The Hall–Kier alpha value is -2.41. The number of nitrogens with one attached hydrogen (secondary N) is 1. The van der Waals surface area contributed by atoms with E-state index in [9.17, 15) is 14.0 Å². The Morgan fingerprint density at radius 2 is 2.14 bits per heavy atom. The van der Waals surface area contributed by atoms with Gasteiger partial charge in [-0.1, -0.05) is 25.1 Å². The van der Waals surface area contributed by atoms with Crippen molar-refractivity contribution >= 4 is 23.6 Å². The van der Waals surface area contributed by atoms with Crippen LogP contribution in [0.5, 0.6) is 0 Å². The number of halogens is 1. The van der Waals surface area contributed by atoms with E-state index >= 15 is 0 Å². The van der Waals surface area contributed by atoms with Crippen LogP contribution in [0.25, 0.3) is 0 Å². The van der Waals surface area contributed by atoms with E-state index in [0.29, 0.717) is 37.1 Å². The molecule has 1 fully saturated rings. The molecule has 1 aliphatic rings. The van der Waals surface area contributed by atoms with E-state index in [1.165, 1.54) is 23.9 Å². The van der Waals surface area contributed by atoms with Crippen LogP contribution in [0, 0.1) is 5.82 Å². The Morgan fingerprint density at radius 3 is 2.86 bits per heavy atom. The van der Waals surface area contributed by atoms with Crippen LogP contribution < -0.4 is 5.32 Å². The first-order valence-electron chi connectivity index (χ1n) is 9.46. The van der Waals surface area contributed by atoms with Crippen molar-refractivity contribution in [2.45, 2.75) is 37.6 Å². The van der Waals surface area contributed by atoms with Gasteiger partial charge in [0.05, 0.1) is 0 Å². The molecule has 28 heavy (non-hydrogen) atoms. The lowest BCUT2D eigenvalue weighted by molar-refractivity contribution is -0.139. The molecule has 0 spiro atoms. The Morgan fingerprint density at radius 1 is 1.29 bits per heavy atom. The van der Waals surface area contributed by atoms with Crippen LogP contribution in [-0.4, -0.2) is 40.0 Å². The van der Waals surface area contributed by atoms with E-state index in [2.05, 4.69) is 10.3 Å². The molecule has 0 saturated carbocycles. The fourth-order valence-electron chi connectivity index (χ4n) is 3.25. The number of thioether (sulfide) groups is 1. The summed E-state index contributed by atoms with van der Waals surface area (Å²) in [4.78, 5) is 31.4. The second-order valence-corrected chi connectivity index (χ2v) is 7.78. The number of amides is 2. The molecule has 1 saturated heterocycles. The minimum absolute atomic E-state index is 0.0772. The summed E-state index contributed by atoms with van der Waals surface area (Å²) in [6.45, 7) is 2.39. The van der Waals surface area contributed by atoms with Gasteiger partial charge >= 0.3 is 0 Å². The maximum absolute atomic E-state index is 13.7. The van der Waals surface area contributed by atoms with Gasteiger partial charge in [-0.25, -0.2) is 4.39 Å². The lowest BCUT2D eigenvalue weighted by Crippen LogP contribution is -2.48. The van der Waals surface area contributed by atoms with Crippen LogP contribution in [0.4, 0.5) is 4.39 Å². The highest BCUT2D eigenvalue weighted by atomic mass is 32.2. The quantitative estimate of drug-likeness (QED) is 0.773. The molecule has 148 valence electrons. The molecule has 1 N–H and O–H groups in total. The molecule has 2 atom stereocenters. The van der Waals surface area contributed by atoms with Gasteiger partial charge < -0.3 is 10.2 Å². The average molecular weight is 402 g/mol. The van der Waals surface area contributed by atoms with Crippen LogP contribution in [0.15, 0.2) is 48.7 Å². The maximum atomic E-state index is 13.7. The van der Waals surface area contributed by atoms with Gasteiger partial charge in [-0.05, 0) is 36.2 Å². The molecular formula is C21H24FN3O2S. The molecule has 1 aromatic heterocycles. The Balaban J connectivity index is 1.69. The first-order chi connectivity index (χ1) is 13.6. The third-order valence-corrected chi connectivity index (χ3v) is 5.92. The van der Waals surface area contributed by atoms with Gasteiger partial charge in [0, 0.05) is 37.0 Å². The molecular weight excluding hydrogens is 377 g/mol. The number of carbonyl (C=O) groups is 2. The van der Waals surface area contributed by atoms with E-state index in [-0.39, 0.29) is 23.0 Å². The van der Waals surface area contributed by atoms with E-state index in [1.54, 1.807) is 23.2 Å². The SMILES string of the molecule is CCCC(=O)N1C(C(=O)NCCc2ccccn2)CSC1c1cccc(F)c1. The molecule has 3 rings (SSSR count). The Labute approximate surface area is 168 Å². The second kappa shape index (κ2) is 9.68.